The van der Waals surface area contributed by atoms with Gasteiger partial charge in [0.2, 0.25) is 0 Å². The maximum Gasteiger partial charge on any atom is 0.191 e. The second-order valence-electron chi connectivity index (χ2n) is 4.97. The van der Waals surface area contributed by atoms with Crippen LogP contribution >= 0.6 is 24.0 Å². The first-order chi connectivity index (χ1) is 9.86. The molecule has 1 saturated carbocycles. The third-order valence-corrected chi connectivity index (χ3v) is 3.25. The van der Waals surface area contributed by atoms with Crippen molar-refractivity contribution in [3.05, 3.63) is 30.2 Å². The quantitative estimate of drug-likeness (QED) is 0.455. The summed E-state index contributed by atoms with van der Waals surface area (Å²) in [5.41, 5.74) is 0.884. The van der Waals surface area contributed by atoms with Gasteiger partial charge in [-0.3, -0.25) is 9.39 Å². The van der Waals surface area contributed by atoms with Gasteiger partial charge in [0.25, 0.3) is 0 Å². The number of aromatic nitrogens is 3. The lowest BCUT2D eigenvalue weighted by Crippen LogP contribution is -2.38. The van der Waals surface area contributed by atoms with E-state index >= 15 is 0 Å². The molecule has 21 heavy (non-hydrogen) atoms. The van der Waals surface area contributed by atoms with Gasteiger partial charge in [-0.05, 0) is 31.9 Å². The summed E-state index contributed by atoms with van der Waals surface area (Å²) in [6.45, 7) is 3.67. The van der Waals surface area contributed by atoms with Crippen molar-refractivity contribution in [2.45, 2.75) is 32.2 Å². The minimum atomic E-state index is 0. The molecular weight excluding hydrogens is 379 g/mol. The molecule has 1 aliphatic rings. The molecule has 0 bridgehead atoms. The normalized spacial score (nSPS) is 14.8. The highest BCUT2D eigenvalue weighted by molar-refractivity contribution is 14.0. The van der Waals surface area contributed by atoms with Gasteiger partial charge in [-0.1, -0.05) is 6.07 Å². The summed E-state index contributed by atoms with van der Waals surface area (Å²) < 4.78 is 2.01. The van der Waals surface area contributed by atoms with Crippen molar-refractivity contribution >= 4 is 35.6 Å². The summed E-state index contributed by atoms with van der Waals surface area (Å²) in [6, 6.07) is 6.52. The van der Waals surface area contributed by atoms with E-state index in [9.17, 15) is 0 Å². The number of fused-ring (bicyclic) bond motifs is 1. The molecule has 2 heterocycles. The van der Waals surface area contributed by atoms with Crippen molar-refractivity contribution < 1.29 is 0 Å². The first kappa shape index (κ1) is 16.0. The van der Waals surface area contributed by atoms with Crippen molar-refractivity contribution in [3.8, 4) is 0 Å². The topological polar surface area (TPSA) is 66.6 Å². The van der Waals surface area contributed by atoms with Gasteiger partial charge in [0.05, 0.1) is 0 Å². The molecule has 114 valence electrons. The molecule has 0 atom stereocenters. The summed E-state index contributed by atoms with van der Waals surface area (Å²) in [4.78, 5) is 4.59. The second-order valence-corrected chi connectivity index (χ2v) is 4.97. The summed E-state index contributed by atoms with van der Waals surface area (Å²) in [6.07, 6.45) is 5.27. The number of nitrogens with one attached hydrogen (secondary N) is 2. The summed E-state index contributed by atoms with van der Waals surface area (Å²) in [5.74, 6) is 1.86. The molecule has 0 saturated heterocycles. The van der Waals surface area contributed by atoms with Crippen molar-refractivity contribution in [2.24, 2.45) is 4.99 Å². The van der Waals surface area contributed by atoms with Crippen LogP contribution in [0.5, 0.6) is 0 Å². The van der Waals surface area contributed by atoms with Gasteiger partial charge in [-0.2, -0.15) is 0 Å². The van der Waals surface area contributed by atoms with Gasteiger partial charge >= 0.3 is 0 Å². The van der Waals surface area contributed by atoms with Crippen LogP contribution in [0.2, 0.25) is 0 Å². The minimum absolute atomic E-state index is 0. The monoisotopic (exact) mass is 400 g/mol. The Balaban J connectivity index is 0.00000161. The fourth-order valence-corrected chi connectivity index (χ4v) is 2.07. The molecular formula is C14H21IN6. The van der Waals surface area contributed by atoms with Crippen LogP contribution in [-0.2, 0) is 6.42 Å². The number of guanidine groups is 1. The zero-order valence-corrected chi connectivity index (χ0v) is 14.4. The van der Waals surface area contributed by atoms with Crippen LogP contribution in [0, 0.1) is 0 Å². The maximum atomic E-state index is 4.59. The lowest BCUT2D eigenvalue weighted by molar-refractivity contribution is 0.792. The van der Waals surface area contributed by atoms with E-state index in [0.717, 1.165) is 30.4 Å². The van der Waals surface area contributed by atoms with Crippen LogP contribution < -0.4 is 10.6 Å². The Hall–Kier alpha value is -1.38. The van der Waals surface area contributed by atoms with E-state index in [1.165, 1.54) is 12.8 Å². The first-order valence-electron chi connectivity index (χ1n) is 7.20. The average molecular weight is 400 g/mol. The second kappa shape index (κ2) is 7.58. The number of halogens is 1. The van der Waals surface area contributed by atoms with Crippen molar-refractivity contribution in [3.63, 3.8) is 0 Å². The Bertz CT molecular complexity index is 604. The van der Waals surface area contributed by atoms with Gasteiger partial charge in [0.1, 0.15) is 5.82 Å². The van der Waals surface area contributed by atoms with Crippen LogP contribution in [0.1, 0.15) is 25.6 Å². The van der Waals surface area contributed by atoms with Crippen molar-refractivity contribution in [1.82, 2.24) is 25.2 Å². The summed E-state index contributed by atoms with van der Waals surface area (Å²) >= 11 is 0. The zero-order chi connectivity index (χ0) is 13.8. The molecule has 6 nitrogen and oxygen atoms in total. The highest BCUT2D eigenvalue weighted by Crippen LogP contribution is 2.18. The van der Waals surface area contributed by atoms with Crippen LogP contribution in [0.3, 0.4) is 0 Å². The SMILES string of the molecule is CCNC(=NCCc1nnc2ccccn12)NC1CC1.I. The van der Waals surface area contributed by atoms with Gasteiger partial charge in [-0.15, -0.1) is 34.2 Å². The van der Waals surface area contributed by atoms with E-state index in [-0.39, 0.29) is 24.0 Å². The largest absolute Gasteiger partial charge is 0.357 e. The Labute approximate surface area is 141 Å². The van der Waals surface area contributed by atoms with Crippen LogP contribution in [0.15, 0.2) is 29.4 Å². The predicted molar refractivity (Wildman–Crippen MR) is 94.2 cm³/mol. The number of aliphatic imine (C=N–C) groups is 1. The maximum absolute atomic E-state index is 4.59. The third-order valence-electron chi connectivity index (χ3n) is 3.25. The molecule has 7 heteroatoms. The van der Waals surface area contributed by atoms with Crippen LogP contribution in [-0.4, -0.2) is 39.7 Å². The van der Waals surface area contributed by atoms with Crippen LogP contribution in [0.25, 0.3) is 5.65 Å². The lowest BCUT2D eigenvalue weighted by Gasteiger charge is -2.09. The molecule has 0 radical (unpaired) electrons. The lowest BCUT2D eigenvalue weighted by atomic mass is 10.4. The van der Waals surface area contributed by atoms with E-state index in [2.05, 4.69) is 32.7 Å². The van der Waals surface area contributed by atoms with E-state index < -0.39 is 0 Å². The minimum Gasteiger partial charge on any atom is -0.357 e. The van der Waals surface area contributed by atoms with E-state index in [1.54, 1.807) is 0 Å². The average Bonchev–Trinajstić information content (AvgIpc) is 3.18. The van der Waals surface area contributed by atoms with Crippen molar-refractivity contribution in [2.75, 3.05) is 13.1 Å². The smallest absolute Gasteiger partial charge is 0.191 e. The Morgan fingerprint density at radius 1 is 1.38 bits per heavy atom. The molecule has 2 aromatic heterocycles. The zero-order valence-electron chi connectivity index (χ0n) is 12.1. The molecule has 2 N–H and O–H groups in total. The third kappa shape index (κ3) is 4.29. The summed E-state index contributed by atoms with van der Waals surface area (Å²) in [7, 11) is 0. The van der Waals surface area contributed by atoms with Crippen molar-refractivity contribution in [1.29, 1.82) is 0 Å². The first-order valence-corrected chi connectivity index (χ1v) is 7.20. The van der Waals surface area contributed by atoms with Gasteiger partial charge in [0.15, 0.2) is 11.6 Å². The van der Waals surface area contributed by atoms with Gasteiger partial charge < -0.3 is 10.6 Å². The number of hydrogen-bond donors (Lipinski definition) is 2. The van der Waals surface area contributed by atoms with Gasteiger partial charge in [-0.25, -0.2) is 0 Å². The fourth-order valence-electron chi connectivity index (χ4n) is 2.07. The van der Waals surface area contributed by atoms with Crippen LogP contribution in [0.4, 0.5) is 0 Å². The molecule has 0 amide bonds. The van der Waals surface area contributed by atoms with E-state index in [1.807, 2.05) is 28.8 Å². The standard InChI is InChI=1S/C14H20N6.HI/c1-2-15-14(17-11-6-7-11)16-9-8-13-19-18-12-5-3-4-10-20(12)13;/h3-5,10-11H,2,6-9H2,1H3,(H2,15,16,17);1H. The molecule has 0 aliphatic heterocycles. The molecule has 1 aliphatic carbocycles. The molecule has 0 unspecified atom stereocenters. The van der Waals surface area contributed by atoms with E-state index in [4.69, 9.17) is 0 Å². The Morgan fingerprint density at radius 2 is 2.24 bits per heavy atom. The predicted octanol–water partition coefficient (Wildman–Crippen LogP) is 1.61. The summed E-state index contributed by atoms with van der Waals surface area (Å²) in [5, 5.41) is 15.0. The highest BCUT2D eigenvalue weighted by atomic mass is 127. The molecule has 2 aromatic rings. The Kier molecular flexibility index (Phi) is 5.77. The molecule has 1 fully saturated rings. The van der Waals surface area contributed by atoms with Gasteiger partial charge in [0, 0.05) is 31.7 Å². The fraction of sp³-hybridized carbons (Fsp3) is 0.500. The number of rotatable bonds is 5. The van der Waals surface area contributed by atoms with E-state index in [0.29, 0.717) is 12.6 Å². The molecule has 3 rings (SSSR count). The number of pyridine rings is 1. The highest BCUT2D eigenvalue weighted by Gasteiger charge is 2.21. The molecule has 0 spiro atoms. The number of hydrogen-bond acceptors (Lipinski definition) is 3. The Morgan fingerprint density at radius 3 is 3.00 bits per heavy atom. The number of nitrogens with zero attached hydrogens (tertiary/aromatic N) is 4. The molecule has 0 aromatic carbocycles.